The van der Waals surface area contributed by atoms with Crippen LogP contribution in [0.15, 0.2) is 18.2 Å². The number of hydrogen-bond donors (Lipinski definition) is 3. The standard InChI is InChI=1S/C13H16ClN3O4/c1-3-17(7-10(18)15-2)13(21)16-9-6-4-5-8(14)11(9)12(19)20/h4-6H,3,7H2,1-2H3,(H,15,18)(H,16,21)(H,19,20). The van der Waals surface area contributed by atoms with E-state index < -0.39 is 12.0 Å². The van der Waals surface area contributed by atoms with E-state index in [1.807, 2.05) is 0 Å². The van der Waals surface area contributed by atoms with E-state index in [1.54, 1.807) is 6.92 Å². The first kappa shape index (κ1) is 16.8. The number of amides is 3. The van der Waals surface area contributed by atoms with Crippen molar-refractivity contribution in [2.45, 2.75) is 6.92 Å². The third-order valence-electron chi connectivity index (χ3n) is 2.75. The molecule has 1 aromatic carbocycles. The Morgan fingerprint density at radius 1 is 1.33 bits per heavy atom. The van der Waals surface area contributed by atoms with E-state index in [-0.39, 0.29) is 28.7 Å². The van der Waals surface area contributed by atoms with Crippen LogP contribution in [-0.4, -0.2) is 48.1 Å². The lowest BCUT2D eigenvalue weighted by Crippen LogP contribution is -2.41. The molecule has 21 heavy (non-hydrogen) atoms. The van der Waals surface area contributed by atoms with Crippen LogP contribution in [0.3, 0.4) is 0 Å². The fourth-order valence-electron chi connectivity index (χ4n) is 1.62. The summed E-state index contributed by atoms with van der Waals surface area (Å²) in [5.74, 6) is -1.57. The summed E-state index contributed by atoms with van der Waals surface area (Å²) in [5, 5.41) is 14.0. The highest BCUT2D eigenvalue weighted by Crippen LogP contribution is 2.24. The van der Waals surface area contributed by atoms with Crippen LogP contribution >= 0.6 is 11.6 Å². The molecule has 8 heteroatoms. The summed E-state index contributed by atoms with van der Waals surface area (Å²) < 4.78 is 0. The predicted octanol–water partition coefficient (Wildman–Crippen LogP) is 1.64. The van der Waals surface area contributed by atoms with E-state index in [4.69, 9.17) is 16.7 Å². The molecule has 1 rings (SSSR count). The number of rotatable bonds is 5. The van der Waals surface area contributed by atoms with Gasteiger partial charge in [0.15, 0.2) is 0 Å². The molecule has 3 amide bonds. The molecule has 0 aliphatic rings. The molecule has 0 radical (unpaired) electrons. The highest BCUT2D eigenvalue weighted by Gasteiger charge is 2.19. The second-order valence-corrected chi connectivity index (χ2v) is 4.49. The Balaban J connectivity index is 2.94. The number of carboxylic acids is 1. The Bertz CT molecular complexity index is 562. The van der Waals surface area contributed by atoms with Gasteiger partial charge >= 0.3 is 12.0 Å². The van der Waals surface area contributed by atoms with Crippen molar-refractivity contribution in [2.75, 3.05) is 25.5 Å². The first-order valence-electron chi connectivity index (χ1n) is 6.19. The number of nitrogens with one attached hydrogen (secondary N) is 2. The molecule has 3 N–H and O–H groups in total. The summed E-state index contributed by atoms with van der Waals surface area (Å²) in [6.07, 6.45) is 0. The van der Waals surface area contributed by atoms with Crippen LogP contribution in [0.2, 0.25) is 5.02 Å². The Labute approximate surface area is 126 Å². The predicted molar refractivity (Wildman–Crippen MR) is 78.7 cm³/mol. The number of carbonyl (C=O) groups excluding carboxylic acids is 2. The Hall–Kier alpha value is -2.28. The lowest BCUT2D eigenvalue weighted by Gasteiger charge is -2.21. The van der Waals surface area contributed by atoms with Crippen molar-refractivity contribution in [2.24, 2.45) is 0 Å². The maximum absolute atomic E-state index is 12.1. The van der Waals surface area contributed by atoms with Crippen LogP contribution < -0.4 is 10.6 Å². The summed E-state index contributed by atoms with van der Waals surface area (Å²) in [5.41, 5.74) is -0.112. The number of halogens is 1. The van der Waals surface area contributed by atoms with Gasteiger partial charge in [0.25, 0.3) is 0 Å². The van der Waals surface area contributed by atoms with E-state index in [1.165, 1.54) is 30.1 Å². The van der Waals surface area contributed by atoms with E-state index >= 15 is 0 Å². The molecule has 0 atom stereocenters. The number of anilines is 1. The van der Waals surface area contributed by atoms with Crippen molar-refractivity contribution in [3.63, 3.8) is 0 Å². The summed E-state index contributed by atoms with van der Waals surface area (Å²) in [6.45, 7) is 1.88. The van der Waals surface area contributed by atoms with Crippen LogP contribution in [-0.2, 0) is 4.79 Å². The minimum absolute atomic E-state index is 0.0228. The fraction of sp³-hybridized carbons (Fsp3) is 0.308. The average Bonchev–Trinajstić information content (AvgIpc) is 2.43. The Morgan fingerprint density at radius 3 is 2.52 bits per heavy atom. The fourth-order valence-corrected chi connectivity index (χ4v) is 1.87. The summed E-state index contributed by atoms with van der Waals surface area (Å²) in [4.78, 5) is 35.8. The highest BCUT2D eigenvalue weighted by atomic mass is 35.5. The van der Waals surface area contributed by atoms with Crippen molar-refractivity contribution in [1.29, 1.82) is 0 Å². The zero-order valence-electron chi connectivity index (χ0n) is 11.6. The summed E-state index contributed by atoms with van der Waals surface area (Å²) >= 11 is 5.82. The number of aromatic carboxylic acids is 1. The minimum atomic E-state index is -1.25. The number of carboxylic acid groups (broad SMARTS) is 1. The van der Waals surface area contributed by atoms with Gasteiger partial charge < -0.3 is 20.6 Å². The second-order valence-electron chi connectivity index (χ2n) is 4.09. The van der Waals surface area contributed by atoms with Gasteiger partial charge in [0.05, 0.1) is 10.7 Å². The van der Waals surface area contributed by atoms with Crippen LogP contribution in [0.25, 0.3) is 0 Å². The Morgan fingerprint density at radius 2 is 2.00 bits per heavy atom. The molecule has 0 saturated carbocycles. The van der Waals surface area contributed by atoms with Gasteiger partial charge in [-0.3, -0.25) is 4.79 Å². The molecule has 7 nitrogen and oxygen atoms in total. The molecule has 0 unspecified atom stereocenters. The smallest absolute Gasteiger partial charge is 0.339 e. The molecule has 1 aromatic rings. The molecule has 0 bridgehead atoms. The topological polar surface area (TPSA) is 98.7 Å². The van der Waals surface area contributed by atoms with Crippen molar-refractivity contribution < 1.29 is 19.5 Å². The third kappa shape index (κ3) is 4.35. The van der Waals surface area contributed by atoms with Gasteiger partial charge in [0, 0.05) is 13.6 Å². The number of hydrogen-bond acceptors (Lipinski definition) is 3. The van der Waals surface area contributed by atoms with Crippen LogP contribution in [0.1, 0.15) is 17.3 Å². The average molecular weight is 314 g/mol. The molecule has 0 heterocycles. The number of nitrogens with zero attached hydrogens (tertiary/aromatic N) is 1. The molecule has 0 aliphatic heterocycles. The van der Waals surface area contributed by atoms with Gasteiger partial charge in [0.2, 0.25) is 5.91 Å². The van der Waals surface area contributed by atoms with Crippen molar-refractivity contribution in [1.82, 2.24) is 10.2 Å². The van der Waals surface area contributed by atoms with E-state index in [2.05, 4.69) is 10.6 Å². The number of likely N-dealkylation sites (N-methyl/N-ethyl adjacent to an activating group) is 2. The zero-order chi connectivity index (χ0) is 16.0. The van der Waals surface area contributed by atoms with Gasteiger partial charge in [-0.25, -0.2) is 9.59 Å². The molecule has 0 saturated heterocycles. The van der Waals surface area contributed by atoms with Gasteiger partial charge in [0.1, 0.15) is 12.1 Å². The highest BCUT2D eigenvalue weighted by molar-refractivity contribution is 6.34. The summed E-state index contributed by atoms with van der Waals surface area (Å²) in [6, 6.07) is 3.80. The molecule has 0 aliphatic carbocycles. The van der Waals surface area contributed by atoms with Gasteiger partial charge in [-0.2, -0.15) is 0 Å². The lowest BCUT2D eigenvalue weighted by molar-refractivity contribution is -0.121. The molecule has 0 spiro atoms. The second kappa shape index (κ2) is 7.49. The van der Waals surface area contributed by atoms with Crippen molar-refractivity contribution in [3.05, 3.63) is 28.8 Å². The first-order valence-corrected chi connectivity index (χ1v) is 6.56. The van der Waals surface area contributed by atoms with Crippen molar-refractivity contribution >= 4 is 35.2 Å². The molecule has 114 valence electrons. The van der Waals surface area contributed by atoms with Gasteiger partial charge in [-0.05, 0) is 19.1 Å². The lowest BCUT2D eigenvalue weighted by atomic mass is 10.2. The van der Waals surface area contributed by atoms with Crippen LogP contribution in [0.5, 0.6) is 0 Å². The third-order valence-corrected chi connectivity index (χ3v) is 3.07. The van der Waals surface area contributed by atoms with Crippen molar-refractivity contribution in [3.8, 4) is 0 Å². The van der Waals surface area contributed by atoms with E-state index in [0.717, 1.165) is 0 Å². The maximum atomic E-state index is 12.1. The maximum Gasteiger partial charge on any atom is 0.339 e. The monoisotopic (exact) mass is 313 g/mol. The Kier molecular flexibility index (Phi) is 5.98. The zero-order valence-corrected chi connectivity index (χ0v) is 12.4. The SMILES string of the molecule is CCN(CC(=O)NC)C(=O)Nc1cccc(Cl)c1C(=O)O. The number of carbonyl (C=O) groups is 3. The number of urea groups is 1. The first-order chi connectivity index (χ1) is 9.90. The molecular weight excluding hydrogens is 298 g/mol. The van der Waals surface area contributed by atoms with E-state index in [9.17, 15) is 14.4 Å². The number of benzene rings is 1. The normalized spacial score (nSPS) is 9.86. The van der Waals surface area contributed by atoms with Crippen LogP contribution in [0, 0.1) is 0 Å². The van der Waals surface area contributed by atoms with E-state index in [0.29, 0.717) is 6.54 Å². The summed E-state index contributed by atoms with van der Waals surface area (Å²) in [7, 11) is 1.47. The molecule has 0 aromatic heterocycles. The minimum Gasteiger partial charge on any atom is -0.478 e. The molecule has 0 fully saturated rings. The van der Waals surface area contributed by atoms with Gasteiger partial charge in [-0.1, -0.05) is 17.7 Å². The largest absolute Gasteiger partial charge is 0.478 e. The van der Waals surface area contributed by atoms with Crippen LogP contribution in [0.4, 0.5) is 10.5 Å². The quantitative estimate of drug-likeness (QED) is 0.769. The molecular formula is C13H16ClN3O4. The van der Waals surface area contributed by atoms with Gasteiger partial charge in [-0.15, -0.1) is 0 Å².